The van der Waals surface area contributed by atoms with Crippen molar-refractivity contribution in [3.8, 4) is 0 Å². The highest BCUT2D eigenvalue weighted by Crippen LogP contribution is 2.16. The lowest BCUT2D eigenvalue weighted by Gasteiger charge is -2.24. The minimum Gasteiger partial charge on any atom is -0.463 e. The molecular weight excluding hydrogens is 580 g/mol. The number of amides is 2. The van der Waals surface area contributed by atoms with Gasteiger partial charge in [-0.3, -0.25) is 14.4 Å². The zero-order valence-corrected chi connectivity index (χ0v) is 26.4. The lowest BCUT2D eigenvalue weighted by atomic mass is 9.96. The lowest BCUT2D eigenvalue weighted by molar-refractivity contribution is -0.150. The summed E-state index contributed by atoms with van der Waals surface area (Å²) in [7, 11) is 0. The average molecular weight is 627 g/mol. The Bertz CT molecular complexity index is 1350. The van der Waals surface area contributed by atoms with E-state index < -0.39 is 23.9 Å². The van der Waals surface area contributed by atoms with Crippen LogP contribution in [0.5, 0.6) is 0 Å². The molecule has 244 valence electrons. The third-order valence-corrected chi connectivity index (χ3v) is 7.48. The maximum atomic E-state index is 13.5. The highest BCUT2D eigenvalue weighted by molar-refractivity contribution is 5.86. The van der Waals surface area contributed by atoms with Crippen LogP contribution in [0.3, 0.4) is 0 Å². The van der Waals surface area contributed by atoms with Gasteiger partial charge in [-0.05, 0) is 42.4 Å². The predicted molar refractivity (Wildman–Crippen MR) is 180 cm³/mol. The lowest BCUT2D eigenvalue weighted by Crippen LogP contribution is -2.46. The van der Waals surface area contributed by atoms with Crippen LogP contribution >= 0.6 is 0 Å². The maximum Gasteiger partial charge on any atom is 0.309 e. The molecule has 0 heterocycles. The number of aliphatic hydroxyl groups is 1. The van der Waals surface area contributed by atoms with E-state index in [1.54, 1.807) is 12.2 Å². The van der Waals surface area contributed by atoms with Crippen molar-refractivity contribution in [1.29, 1.82) is 0 Å². The van der Waals surface area contributed by atoms with Crippen LogP contribution in [0.2, 0.25) is 0 Å². The minimum absolute atomic E-state index is 0.0927. The van der Waals surface area contributed by atoms with Gasteiger partial charge in [-0.25, -0.2) is 0 Å². The van der Waals surface area contributed by atoms with E-state index in [9.17, 15) is 19.5 Å². The number of aliphatic hydroxyl groups excluding tert-OH is 1. The molecule has 8 heteroatoms. The fraction of sp³-hybridized carbons (Fsp3) is 0.342. The van der Waals surface area contributed by atoms with Gasteiger partial charge in [0.05, 0.1) is 43.7 Å². The highest BCUT2D eigenvalue weighted by Gasteiger charge is 2.26. The number of nitrogens with one attached hydrogen (secondary N) is 2. The Hall–Kier alpha value is -4.53. The number of carbonyl (C=O) groups is 3. The molecule has 0 bridgehead atoms. The number of allylic oxidation sites excluding steroid dienone is 2. The van der Waals surface area contributed by atoms with Gasteiger partial charge < -0.3 is 25.2 Å². The van der Waals surface area contributed by atoms with Crippen molar-refractivity contribution in [2.75, 3.05) is 19.8 Å². The molecule has 46 heavy (non-hydrogen) atoms. The van der Waals surface area contributed by atoms with Crippen molar-refractivity contribution >= 4 is 17.8 Å². The van der Waals surface area contributed by atoms with E-state index in [-0.39, 0.29) is 50.4 Å². The summed E-state index contributed by atoms with van der Waals surface area (Å²) in [5, 5.41) is 15.6. The van der Waals surface area contributed by atoms with E-state index in [4.69, 9.17) is 9.47 Å². The van der Waals surface area contributed by atoms with Crippen LogP contribution in [0, 0.1) is 11.8 Å². The normalized spacial score (nSPS) is 13.4. The first-order valence-electron chi connectivity index (χ1n) is 15.7. The minimum atomic E-state index is -0.715. The molecule has 0 aromatic heterocycles. The van der Waals surface area contributed by atoms with Gasteiger partial charge in [0.1, 0.15) is 6.61 Å². The second kappa shape index (κ2) is 20.5. The molecule has 0 saturated carbocycles. The molecule has 0 fully saturated rings. The molecule has 3 aromatic carbocycles. The molecule has 2 amide bonds. The summed E-state index contributed by atoms with van der Waals surface area (Å²) in [4.78, 5) is 39.6. The monoisotopic (exact) mass is 626 g/mol. The second-order valence-corrected chi connectivity index (χ2v) is 11.3. The van der Waals surface area contributed by atoms with Crippen LogP contribution in [0.1, 0.15) is 36.0 Å². The molecule has 0 radical (unpaired) electrons. The molecule has 0 aliphatic heterocycles. The second-order valence-electron chi connectivity index (χ2n) is 11.3. The standard InChI is InChI=1S/C38H46N2O6/c1-3-14-32(24-36(42)39-34(25-41)23-30-18-10-6-11-19-30)37(43)40-35(27-45-26-31-20-12-7-13-21-31)28-46-38(44)33(15-4-2)22-29-16-8-5-9-17-29/h3-13,16-21,32-35,41H,1-2,14-15,22-28H2,(H,39,42)(H,40,43)/t32-,33-,34-,35+/m1/s1. The summed E-state index contributed by atoms with van der Waals surface area (Å²) < 4.78 is 11.6. The van der Waals surface area contributed by atoms with Crippen LogP contribution in [-0.4, -0.2) is 54.8 Å². The SMILES string of the molecule is C=CC[C@H](CC(=O)N[C@@H](CO)Cc1ccccc1)C(=O)N[C@@H](COCc1ccccc1)COC(=O)[C@H](CC=C)Cc1ccccc1. The first-order valence-corrected chi connectivity index (χ1v) is 15.7. The zero-order valence-electron chi connectivity index (χ0n) is 26.4. The first kappa shape index (κ1) is 35.9. The van der Waals surface area contributed by atoms with Crippen molar-refractivity contribution in [2.45, 2.75) is 50.8 Å². The van der Waals surface area contributed by atoms with Gasteiger partial charge >= 0.3 is 5.97 Å². The van der Waals surface area contributed by atoms with Gasteiger partial charge in [-0.15, -0.1) is 13.2 Å². The maximum absolute atomic E-state index is 13.5. The molecule has 0 saturated heterocycles. The van der Waals surface area contributed by atoms with Crippen LogP contribution in [0.15, 0.2) is 116 Å². The summed E-state index contributed by atoms with van der Waals surface area (Å²) in [6, 6.07) is 27.7. The van der Waals surface area contributed by atoms with Crippen LogP contribution in [0.4, 0.5) is 0 Å². The number of carbonyl (C=O) groups excluding carboxylic acids is 3. The van der Waals surface area contributed by atoms with Gasteiger partial charge in [0, 0.05) is 6.42 Å². The fourth-order valence-corrected chi connectivity index (χ4v) is 5.06. The third kappa shape index (κ3) is 13.2. The Morgan fingerprint density at radius 2 is 1.24 bits per heavy atom. The number of ether oxygens (including phenoxy) is 2. The van der Waals surface area contributed by atoms with E-state index in [1.165, 1.54) is 0 Å². The van der Waals surface area contributed by atoms with Gasteiger partial charge in [0.2, 0.25) is 11.8 Å². The van der Waals surface area contributed by atoms with Crippen molar-refractivity contribution in [3.63, 3.8) is 0 Å². The summed E-state index contributed by atoms with van der Waals surface area (Å²) in [6.45, 7) is 7.63. The van der Waals surface area contributed by atoms with Crippen molar-refractivity contribution in [2.24, 2.45) is 11.8 Å². The summed E-state index contributed by atoms with van der Waals surface area (Å²) in [5.41, 5.74) is 2.96. The number of hydrogen-bond donors (Lipinski definition) is 3. The summed E-state index contributed by atoms with van der Waals surface area (Å²) in [6.07, 6.45) is 4.87. The van der Waals surface area contributed by atoms with E-state index in [0.717, 1.165) is 16.7 Å². The molecule has 0 unspecified atom stereocenters. The number of rotatable bonds is 21. The van der Waals surface area contributed by atoms with E-state index in [0.29, 0.717) is 25.9 Å². The van der Waals surface area contributed by atoms with Crippen molar-refractivity contribution in [3.05, 3.63) is 133 Å². The molecule has 8 nitrogen and oxygen atoms in total. The molecule has 3 aromatic rings. The average Bonchev–Trinajstić information content (AvgIpc) is 3.07. The quantitative estimate of drug-likeness (QED) is 0.114. The Kier molecular flexibility index (Phi) is 16.0. The van der Waals surface area contributed by atoms with Gasteiger partial charge in [0.25, 0.3) is 0 Å². The Morgan fingerprint density at radius 1 is 0.696 bits per heavy atom. The van der Waals surface area contributed by atoms with Crippen molar-refractivity contribution < 1.29 is 29.0 Å². The Labute approximate surface area is 272 Å². The van der Waals surface area contributed by atoms with E-state index >= 15 is 0 Å². The van der Waals surface area contributed by atoms with Gasteiger partial charge in [0.15, 0.2) is 0 Å². The first-order chi connectivity index (χ1) is 22.4. The zero-order chi connectivity index (χ0) is 33.0. The highest BCUT2D eigenvalue weighted by atomic mass is 16.5. The molecule has 0 spiro atoms. The molecular formula is C38H46N2O6. The smallest absolute Gasteiger partial charge is 0.309 e. The summed E-state index contributed by atoms with van der Waals surface area (Å²) >= 11 is 0. The fourth-order valence-electron chi connectivity index (χ4n) is 5.06. The topological polar surface area (TPSA) is 114 Å². The predicted octanol–water partition coefficient (Wildman–Crippen LogP) is 4.97. The largest absolute Gasteiger partial charge is 0.463 e. The van der Waals surface area contributed by atoms with E-state index in [2.05, 4.69) is 23.8 Å². The number of hydrogen-bond acceptors (Lipinski definition) is 6. The molecule has 4 atom stereocenters. The van der Waals surface area contributed by atoms with Gasteiger partial charge in [-0.1, -0.05) is 103 Å². The van der Waals surface area contributed by atoms with Crippen LogP contribution in [-0.2, 0) is 43.3 Å². The number of esters is 1. The Balaban J connectivity index is 1.63. The molecule has 3 N–H and O–H groups in total. The van der Waals surface area contributed by atoms with Crippen molar-refractivity contribution in [1.82, 2.24) is 10.6 Å². The molecule has 0 aliphatic carbocycles. The molecule has 3 rings (SSSR count). The Morgan fingerprint density at radius 3 is 1.80 bits per heavy atom. The number of benzene rings is 3. The van der Waals surface area contributed by atoms with Gasteiger partial charge in [-0.2, -0.15) is 0 Å². The van der Waals surface area contributed by atoms with Crippen LogP contribution in [0.25, 0.3) is 0 Å². The third-order valence-electron chi connectivity index (χ3n) is 7.48. The van der Waals surface area contributed by atoms with Crippen LogP contribution < -0.4 is 10.6 Å². The van der Waals surface area contributed by atoms with E-state index in [1.807, 2.05) is 91.0 Å². The molecule has 0 aliphatic rings. The summed E-state index contributed by atoms with van der Waals surface area (Å²) in [5.74, 6) is -2.26.